The highest BCUT2D eigenvalue weighted by Crippen LogP contribution is 2.48. The van der Waals surface area contributed by atoms with E-state index in [2.05, 4.69) is 37.1 Å². The fraction of sp³-hybridized carbons (Fsp3) is 0.409. The van der Waals surface area contributed by atoms with E-state index >= 15 is 0 Å². The number of likely N-dealkylation sites (N-methyl/N-ethyl adjacent to an activating group) is 2. The van der Waals surface area contributed by atoms with Crippen LogP contribution in [0.15, 0.2) is 37.1 Å². The largest absolute Gasteiger partial charge is 0.494 e. The number of hydrogen-bond donors (Lipinski definition) is 2. The maximum Gasteiger partial charge on any atom is 0.247 e. The smallest absolute Gasteiger partial charge is 0.247 e. The first-order valence-electron chi connectivity index (χ1n) is 10.3. The summed E-state index contributed by atoms with van der Waals surface area (Å²) in [7, 11) is 7.69. The number of anilines is 4. The van der Waals surface area contributed by atoms with Crippen LogP contribution in [0.4, 0.5) is 23.0 Å². The number of aromatic nitrogens is 2. The zero-order chi connectivity index (χ0) is 22.1. The highest BCUT2D eigenvalue weighted by Gasteiger charge is 2.48. The summed E-state index contributed by atoms with van der Waals surface area (Å²) < 4.78 is 5.69. The lowest BCUT2D eigenvalue weighted by Crippen LogP contribution is -2.37. The van der Waals surface area contributed by atoms with Gasteiger partial charge in [0.25, 0.3) is 0 Å². The number of rotatable bonds is 9. The van der Waals surface area contributed by atoms with Gasteiger partial charge in [0.15, 0.2) is 0 Å². The lowest BCUT2D eigenvalue weighted by atomic mass is 10.2. The van der Waals surface area contributed by atoms with E-state index in [-0.39, 0.29) is 5.91 Å². The van der Waals surface area contributed by atoms with E-state index in [0.29, 0.717) is 29.3 Å². The number of fused-ring (bicyclic) bond motifs is 4. The Balaban J connectivity index is 1.67. The predicted molar refractivity (Wildman–Crippen MR) is 123 cm³/mol. The second-order valence-corrected chi connectivity index (χ2v) is 8.16. The normalized spacial score (nSPS) is 18.3. The molecule has 1 saturated carbocycles. The molecule has 0 radical (unpaired) electrons. The van der Waals surface area contributed by atoms with Gasteiger partial charge in [0.2, 0.25) is 11.9 Å². The quantitative estimate of drug-likeness (QED) is 0.595. The number of carbonyl (C=O) groups excluding carboxylic acids is 1. The van der Waals surface area contributed by atoms with E-state index in [0.717, 1.165) is 36.6 Å². The monoisotopic (exact) mass is 423 g/mol. The molecule has 9 heteroatoms. The van der Waals surface area contributed by atoms with E-state index in [1.807, 2.05) is 44.4 Å². The van der Waals surface area contributed by atoms with Crippen LogP contribution in [0.25, 0.3) is 0 Å². The number of methoxy groups -OCH3 is 1. The first-order valence-corrected chi connectivity index (χ1v) is 10.3. The first kappa shape index (κ1) is 20.9. The topological polar surface area (TPSA) is 85.9 Å². The molecule has 2 aromatic rings. The van der Waals surface area contributed by atoms with Crippen molar-refractivity contribution in [2.75, 3.05) is 62.0 Å². The van der Waals surface area contributed by atoms with Gasteiger partial charge in [-0.1, -0.05) is 6.58 Å². The molecule has 1 aliphatic heterocycles. The Bertz CT molecular complexity index is 994. The molecule has 2 atom stereocenters. The number of hydrogen-bond acceptors (Lipinski definition) is 8. The maximum atomic E-state index is 12.1. The van der Waals surface area contributed by atoms with Crippen LogP contribution < -0.4 is 25.4 Å². The highest BCUT2D eigenvalue weighted by molar-refractivity contribution is 6.02. The zero-order valence-electron chi connectivity index (χ0n) is 18.4. The van der Waals surface area contributed by atoms with Crippen molar-refractivity contribution in [3.8, 4) is 5.75 Å². The van der Waals surface area contributed by atoms with Crippen molar-refractivity contribution in [3.63, 3.8) is 0 Å². The molecule has 1 aromatic carbocycles. The van der Waals surface area contributed by atoms with Crippen LogP contribution in [0.3, 0.4) is 0 Å². The molecule has 31 heavy (non-hydrogen) atoms. The molecule has 1 fully saturated rings. The van der Waals surface area contributed by atoms with Crippen molar-refractivity contribution in [1.29, 1.82) is 0 Å². The summed E-state index contributed by atoms with van der Waals surface area (Å²) in [5, 5.41) is 4.92. The Morgan fingerprint density at radius 2 is 2.13 bits per heavy atom. The van der Waals surface area contributed by atoms with E-state index < -0.39 is 0 Å². The lowest BCUT2D eigenvalue weighted by molar-refractivity contribution is -0.111. The van der Waals surface area contributed by atoms with Crippen molar-refractivity contribution < 1.29 is 9.53 Å². The van der Waals surface area contributed by atoms with Gasteiger partial charge in [0, 0.05) is 38.3 Å². The van der Waals surface area contributed by atoms with Gasteiger partial charge in [-0.15, -0.1) is 0 Å². The summed E-state index contributed by atoms with van der Waals surface area (Å²) in [6, 6.07) is 6.11. The van der Waals surface area contributed by atoms with Crippen molar-refractivity contribution in [3.05, 3.63) is 42.7 Å². The Morgan fingerprint density at radius 1 is 1.32 bits per heavy atom. The second-order valence-electron chi connectivity index (χ2n) is 8.16. The number of carbonyl (C=O) groups is 1. The lowest BCUT2D eigenvalue weighted by Gasteiger charge is -2.30. The van der Waals surface area contributed by atoms with Crippen molar-refractivity contribution in [2.24, 2.45) is 0 Å². The average Bonchev–Trinajstić information content (AvgIpc) is 3.56. The van der Waals surface area contributed by atoms with Crippen LogP contribution in [0.1, 0.15) is 18.0 Å². The van der Waals surface area contributed by atoms with E-state index in [1.165, 1.54) is 6.08 Å². The zero-order valence-corrected chi connectivity index (χ0v) is 18.4. The average molecular weight is 424 g/mol. The Labute approximate surface area is 182 Å². The number of benzene rings is 1. The van der Waals surface area contributed by atoms with Gasteiger partial charge in [-0.25, -0.2) is 9.97 Å². The number of amides is 1. The van der Waals surface area contributed by atoms with Crippen LogP contribution in [0, 0.1) is 0 Å². The third-order valence-corrected chi connectivity index (χ3v) is 5.64. The maximum absolute atomic E-state index is 12.1. The van der Waals surface area contributed by atoms with Gasteiger partial charge in [0.05, 0.1) is 35.9 Å². The molecule has 4 rings (SSSR count). The molecule has 2 bridgehead atoms. The summed E-state index contributed by atoms with van der Waals surface area (Å²) in [5.41, 5.74) is 6.79. The fourth-order valence-corrected chi connectivity index (χ4v) is 3.78. The van der Waals surface area contributed by atoms with Crippen molar-refractivity contribution >= 4 is 28.9 Å². The van der Waals surface area contributed by atoms with Crippen LogP contribution in [0.5, 0.6) is 5.75 Å². The molecule has 2 unspecified atom stereocenters. The van der Waals surface area contributed by atoms with Crippen LogP contribution in [-0.4, -0.2) is 68.2 Å². The molecular weight excluding hydrogens is 394 g/mol. The molecule has 164 valence electrons. The number of nitrogens with one attached hydrogen (secondary N) is 2. The summed E-state index contributed by atoms with van der Waals surface area (Å²) in [4.78, 5) is 25.3. The predicted octanol–water partition coefficient (Wildman–Crippen LogP) is 2.31. The van der Waals surface area contributed by atoms with E-state index in [1.54, 1.807) is 13.3 Å². The standard InChI is InChI=1S/C22H29N7O2/c1-6-21(30)24-16-12-17(20(31-5)13-19(16)28(4)10-9-27(2)3)26-29-18-11-14(18)15-7-8-23-22(29)25-15/h6-8,12-14,18,26H,1,9-11H2,2-5H3,(H,24,30). The summed E-state index contributed by atoms with van der Waals surface area (Å²) in [6.07, 6.45) is 4.08. The van der Waals surface area contributed by atoms with Gasteiger partial charge in [-0.05, 0) is 38.7 Å². The number of hydrazine groups is 1. The highest BCUT2D eigenvalue weighted by atomic mass is 16.5. The van der Waals surface area contributed by atoms with Crippen molar-refractivity contribution in [1.82, 2.24) is 14.9 Å². The fourth-order valence-electron chi connectivity index (χ4n) is 3.78. The molecule has 1 aliphatic carbocycles. The van der Waals surface area contributed by atoms with Crippen molar-refractivity contribution in [2.45, 2.75) is 18.4 Å². The van der Waals surface area contributed by atoms with Gasteiger partial charge in [0.1, 0.15) is 5.75 Å². The van der Waals surface area contributed by atoms with Gasteiger partial charge < -0.3 is 19.9 Å². The van der Waals surface area contributed by atoms with Gasteiger partial charge in [-0.2, -0.15) is 0 Å². The number of ether oxygens (including phenoxy) is 1. The number of nitrogens with zero attached hydrogens (tertiary/aromatic N) is 5. The molecule has 0 spiro atoms. The SMILES string of the molecule is C=CC(=O)Nc1cc(NN2c3nccc(n3)C3CC32)c(OC)cc1N(C)CCN(C)C. The third kappa shape index (κ3) is 4.27. The minimum atomic E-state index is -0.269. The Hall–Kier alpha value is -3.33. The summed E-state index contributed by atoms with van der Waals surface area (Å²) in [5.74, 6) is 1.46. The van der Waals surface area contributed by atoms with E-state index in [4.69, 9.17) is 4.74 Å². The Morgan fingerprint density at radius 3 is 2.84 bits per heavy atom. The molecule has 2 aliphatic rings. The molecule has 0 saturated heterocycles. The van der Waals surface area contributed by atoms with Gasteiger partial charge >= 0.3 is 0 Å². The minimum Gasteiger partial charge on any atom is -0.494 e. The van der Waals surface area contributed by atoms with Crippen LogP contribution in [-0.2, 0) is 4.79 Å². The minimum absolute atomic E-state index is 0.269. The molecule has 2 heterocycles. The third-order valence-electron chi connectivity index (χ3n) is 5.64. The van der Waals surface area contributed by atoms with Crippen LogP contribution >= 0.6 is 0 Å². The Kier molecular flexibility index (Phi) is 5.69. The first-order chi connectivity index (χ1) is 14.9. The summed E-state index contributed by atoms with van der Waals surface area (Å²) in [6.45, 7) is 5.23. The molecule has 1 amide bonds. The molecule has 9 nitrogen and oxygen atoms in total. The molecule has 1 aromatic heterocycles. The second kappa shape index (κ2) is 8.43. The molecule has 2 N–H and O–H groups in total. The van der Waals surface area contributed by atoms with Gasteiger partial charge in [-0.3, -0.25) is 15.2 Å². The van der Waals surface area contributed by atoms with E-state index in [9.17, 15) is 4.79 Å². The molecular formula is C22H29N7O2. The van der Waals surface area contributed by atoms with Crippen LogP contribution in [0.2, 0.25) is 0 Å². The summed E-state index contributed by atoms with van der Waals surface area (Å²) >= 11 is 0.